The van der Waals surface area contributed by atoms with Crippen LogP contribution in [0.15, 0.2) is 0 Å². The van der Waals surface area contributed by atoms with Crippen molar-refractivity contribution >= 4 is 11.8 Å². The first kappa shape index (κ1) is 18.0. The largest absolute Gasteiger partial charge is 0.342 e. The van der Waals surface area contributed by atoms with Gasteiger partial charge >= 0.3 is 0 Å². The van der Waals surface area contributed by atoms with Gasteiger partial charge in [-0.15, -0.1) is 0 Å². The third-order valence-electron chi connectivity index (χ3n) is 4.50. The van der Waals surface area contributed by atoms with E-state index in [4.69, 9.17) is 0 Å². The van der Waals surface area contributed by atoms with Crippen molar-refractivity contribution in [3.8, 4) is 0 Å². The van der Waals surface area contributed by atoms with E-state index in [1.807, 2.05) is 39.5 Å². The Balaban J connectivity index is 3.12. The highest BCUT2D eigenvalue weighted by atomic mass is 16.2. The molecule has 1 N–H and O–H groups in total. The number of carbonyl (C=O) groups excluding carboxylic acids is 2. The molecule has 0 aromatic rings. The number of hydrogen-bond donors (Lipinski definition) is 1. The van der Waals surface area contributed by atoms with Crippen LogP contribution in [-0.4, -0.2) is 35.3 Å². The van der Waals surface area contributed by atoms with Gasteiger partial charge in [0, 0.05) is 6.54 Å². The molecule has 0 aliphatic carbocycles. The zero-order valence-electron chi connectivity index (χ0n) is 14.7. The average molecular weight is 296 g/mol. The molecule has 2 amide bonds. The van der Waals surface area contributed by atoms with Crippen LogP contribution >= 0.6 is 0 Å². The lowest BCUT2D eigenvalue weighted by atomic mass is 9.81. The maximum absolute atomic E-state index is 12.8. The number of nitrogens with zero attached hydrogens (tertiary/aromatic N) is 1. The first-order valence-corrected chi connectivity index (χ1v) is 8.24. The number of nitrogens with one attached hydrogen (secondary N) is 1. The molecule has 0 saturated carbocycles. The summed E-state index contributed by atoms with van der Waals surface area (Å²) in [6.45, 7) is 15.0. The van der Waals surface area contributed by atoms with E-state index in [-0.39, 0.29) is 35.2 Å². The molecule has 0 radical (unpaired) electrons. The Labute approximate surface area is 129 Å². The monoisotopic (exact) mass is 296 g/mol. The Morgan fingerprint density at radius 2 is 1.67 bits per heavy atom. The van der Waals surface area contributed by atoms with Crippen LogP contribution in [0.25, 0.3) is 0 Å². The van der Waals surface area contributed by atoms with E-state index in [0.29, 0.717) is 12.5 Å². The topological polar surface area (TPSA) is 49.4 Å². The fourth-order valence-corrected chi connectivity index (χ4v) is 3.07. The van der Waals surface area contributed by atoms with Crippen LogP contribution in [0.4, 0.5) is 0 Å². The fourth-order valence-electron chi connectivity index (χ4n) is 3.07. The molecule has 1 rings (SSSR count). The van der Waals surface area contributed by atoms with E-state index in [0.717, 1.165) is 12.8 Å². The molecule has 21 heavy (non-hydrogen) atoms. The summed E-state index contributed by atoms with van der Waals surface area (Å²) in [5, 5.41) is 2.93. The number of rotatable bonds is 5. The van der Waals surface area contributed by atoms with E-state index in [2.05, 4.69) is 19.2 Å². The Morgan fingerprint density at radius 1 is 1.14 bits per heavy atom. The minimum Gasteiger partial charge on any atom is -0.342 e. The van der Waals surface area contributed by atoms with Crippen LogP contribution in [0.5, 0.6) is 0 Å². The molecule has 2 atom stereocenters. The molecule has 1 saturated heterocycles. The molecule has 2 unspecified atom stereocenters. The third-order valence-corrected chi connectivity index (χ3v) is 4.50. The van der Waals surface area contributed by atoms with Gasteiger partial charge in [0.2, 0.25) is 11.8 Å². The van der Waals surface area contributed by atoms with Crippen molar-refractivity contribution in [3.05, 3.63) is 0 Å². The van der Waals surface area contributed by atoms with E-state index in [1.165, 1.54) is 0 Å². The molecule has 0 aromatic carbocycles. The van der Waals surface area contributed by atoms with Gasteiger partial charge in [-0.05, 0) is 17.3 Å². The molecule has 0 spiro atoms. The Hall–Kier alpha value is -1.06. The van der Waals surface area contributed by atoms with Crippen molar-refractivity contribution in [2.75, 3.05) is 6.54 Å². The highest BCUT2D eigenvalue weighted by Gasteiger charge is 2.46. The van der Waals surface area contributed by atoms with Crippen molar-refractivity contribution in [2.24, 2.45) is 17.3 Å². The van der Waals surface area contributed by atoms with Crippen LogP contribution in [0.3, 0.4) is 0 Å². The minimum absolute atomic E-state index is 0.00763. The van der Waals surface area contributed by atoms with Crippen LogP contribution in [0.1, 0.15) is 61.3 Å². The molecular weight excluding hydrogens is 264 g/mol. The van der Waals surface area contributed by atoms with Crippen molar-refractivity contribution in [1.82, 2.24) is 10.2 Å². The zero-order chi connectivity index (χ0) is 16.4. The molecule has 4 heteroatoms. The summed E-state index contributed by atoms with van der Waals surface area (Å²) in [4.78, 5) is 27.3. The van der Waals surface area contributed by atoms with E-state index in [9.17, 15) is 9.59 Å². The predicted octanol–water partition coefficient (Wildman–Crippen LogP) is 2.82. The van der Waals surface area contributed by atoms with Crippen molar-refractivity contribution in [1.29, 1.82) is 0 Å². The quantitative estimate of drug-likeness (QED) is 0.848. The number of hydrogen-bond acceptors (Lipinski definition) is 2. The van der Waals surface area contributed by atoms with Gasteiger partial charge in [-0.3, -0.25) is 9.59 Å². The van der Waals surface area contributed by atoms with Crippen LogP contribution in [0, 0.1) is 17.3 Å². The summed E-state index contributed by atoms with van der Waals surface area (Å²) in [5.41, 5.74) is -0.256. The van der Waals surface area contributed by atoms with Gasteiger partial charge in [0.15, 0.2) is 0 Å². The average Bonchev–Trinajstić information content (AvgIpc) is 2.37. The second-order valence-electron chi connectivity index (χ2n) is 7.67. The zero-order valence-corrected chi connectivity index (χ0v) is 14.7. The van der Waals surface area contributed by atoms with E-state index >= 15 is 0 Å². The standard InChI is InChI=1S/C17H32N2O2/c1-8-12(9-2)10-19-14(17(5,6)7)15(20)18-13(11(3)4)16(19)21/h11-14H,8-10H2,1-7H3,(H,18,20). The number of amides is 2. The van der Waals surface area contributed by atoms with Crippen LogP contribution in [0.2, 0.25) is 0 Å². The minimum atomic E-state index is -0.384. The molecule has 0 bridgehead atoms. The van der Waals surface area contributed by atoms with Gasteiger partial charge < -0.3 is 10.2 Å². The van der Waals surface area contributed by atoms with Crippen LogP contribution < -0.4 is 5.32 Å². The number of carbonyl (C=O) groups is 2. The van der Waals surface area contributed by atoms with Gasteiger partial charge in [-0.25, -0.2) is 0 Å². The molecule has 4 nitrogen and oxygen atoms in total. The molecular formula is C17H32N2O2. The summed E-state index contributed by atoms with van der Waals surface area (Å²) in [7, 11) is 0. The predicted molar refractivity (Wildman–Crippen MR) is 85.8 cm³/mol. The Kier molecular flexibility index (Phi) is 5.83. The Morgan fingerprint density at radius 3 is 2.05 bits per heavy atom. The van der Waals surface area contributed by atoms with Gasteiger partial charge in [0.05, 0.1) is 0 Å². The summed E-state index contributed by atoms with van der Waals surface area (Å²) in [6, 6.07) is -0.758. The summed E-state index contributed by atoms with van der Waals surface area (Å²) in [6.07, 6.45) is 2.07. The molecule has 1 aliphatic rings. The second kappa shape index (κ2) is 6.80. The first-order valence-electron chi connectivity index (χ1n) is 8.24. The number of piperazine rings is 1. The lowest BCUT2D eigenvalue weighted by molar-refractivity contribution is -0.156. The second-order valence-corrected chi connectivity index (χ2v) is 7.67. The summed E-state index contributed by atoms with van der Waals surface area (Å²) < 4.78 is 0. The molecule has 0 aromatic heterocycles. The lowest BCUT2D eigenvalue weighted by Gasteiger charge is -2.46. The van der Waals surface area contributed by atoms with E-state index < -0.39 is 0 Å². The Bertz CT molecular complexity index is 381. The molecule has 122 valence electrons. The lowest BCUT2D eigenvalue weighted by Crippen LogP contribution is -2.68. The fraction of sp³-hybridized carbons (Fsp3) is 0.882. The molecule has 1 aliphatic heterocycles. The third kappa shape index (κ3) is 3.98. The normalized spacial score (nSPS) is 24.0. The van der Waals surface area contributed by atoms with Gasteiger partial charge in [-0.1, -0.05) is 61.3 Å². The maximum atomic E-state index is 12.8. The van der Waals surface area contributed by atoms with Gasteiger partial charge in [-0.2, -0.15) is 0 Å². The smallest absolute Gasteiger partial charge is 0.246 e. The summed E-state index contributed by atoms with van der Waals surface area (Å²) >= 11 is 0. The first-order chi connectivity index (χ1) is 9.63. The highest BCUT2D eigenvalue weighted by Crippen LogP contribution is 2.30. The van der Waals surface area contributed by atoms with E-state index in [1.54, 1.807) is 0 Å². The molecule has 1 heterocycles. The van der Waals surface area contributed by atoms with Crippen LogP contribution in [-0.2, 0) is 9.59 Å². The summed E-state index contributed by atoms with van der Waals surface area (Å²) in [5.74, 6) is 0.646. The highest BCUT2D eigenvalue weighted by molar-refractivity contribution is 5.97. The van der Waals surface area contributed by atoms with Crippen molar-refractivity contribution in [2.45, 2.75) is 73.4 Å². The van der Waals surface area contributed by atoms with Crippen molar-refractivity contribution < 1.29 is 9.59 Å². The molecule has 1 fully saturated rings. The maximum Gasteiger partial charge on any atom is 0.246 e. The van der Waals surface area contributed by atoms with Crippen molar-refractivity contribution in [3.63, 3.8) is 0 Å². The van der Waals surface area contributed by atoms with Gasteiger partial charge in [0.1, 0.15) is 12.1 Å². The SMILES string of the molecule is CCC(CC)CN1C(=O)C(C(C)C)NC(=O)C1C(C)(C)C. The van der Waals surface area contributed by atoms with Gasteiger partial charge in [0.25, 0.3) is 0 Å².